The summed E-state index contributed by atoms with van der Waals surface area (Å²) in [6.07, 6.45) is 20.8. The fourth-order valence-corrected chi connectivity index (χ4v) is 14.0. The van der Waals surface area contributed by atoms with Crippen LogP contribution in [0.2, 0.25) is 5.02 Å². The fraction of sp³-hybridized carbons (Fsp3) is 0.329. The Kier molecular flexibility index (Phi) is 21.5. The number of hydrogen-bond donors (Lipinski definition) is 3. The van der Waals surface area contributed by atoms with Crippen LogP contribution in [0.15, 0.2) is 117 Å². The highest BCUT2D eigenvalue weighted by Gasteiger charge is 2.52. The van der Waals surface area contributed by atoms with Crippen LogP contribution < -0.4 is 47.9 Å². The van der Waals surface area contributed by atoms with E-state index in [1.165, 1.54) is 42.0 Å². The first-order chi connectivity index (χ1) is 50.1. The average Bonchev–Trinajstić information content (AvgIpc) is 1.59. The highest BCUT2D eigenvalue weighted by Crippen LogP contribution is 2.39. The summed E-state index contributed by atoms with van der Waals surface area (Å²) in [6, 6.07) is 13.3. The van der Waals surface area contributed by atoms with E-state index in [4.69, 9.17) is 20.9 Å². The lowest BCUT2D eigenvalue weighted by atomic mass is 9.80. The maximum Gasteiger partial charge on any atom is 0.496 e. The Bertz CT molecular complexity index is 5280. The Morgan fingerprint density at radius 3 is 1.41 bits per heavy atom. The summed E-state index contributed by atoms with van der Waals surface area (Å²) in [5.41, 5.74) is 5.11. The van der Waals surface area contributed by atoms with Crippen molar-refractivity contribution in [2.45, 2.75) is 124 Å². The lowest BCUT2D eigenvalue weighted by Crippen LogP contribution is -2.42. The molecule has 10 aromatic rings. The largest absolute Gasteiger partial charge is 0.496 e. The number of aromatic nitrogens is 13. The van der Waals surface area contributed by atoms with Gasteiger partial charge in [-0.05, 0) is 170 Å². The van der Waals surface area contributed by atoms with Gasteiger partial charge in [-0.3, -0.25) is 43.4 Å². The number of nitrogens with zero attached hydrogens (tertiary/aromatic N) is 15. The van der Waals surface area contributed by atoms with E-state index in [0.29, 0.717) is 114 Å². The van der Waals surface area contributed by atoms with Crippen molar-refractivity contribution in [3.63, 3.8) is 0 Å². The van der Waals surface area contributed by atoms with Crippen molar-refractivity contribution in [3.05, 3.63) is 213 Å². The van der Waals surface area contributed by atoms with Gasteiger partial charge in [0.25, 0.3) is 28.5 Å². The molecule has 0 aromatic carbocycles. The van der Waals surface area contributed by atoms with Gasteiger partial charge in [0.15, 0.2) is 24.2 Å². The molecule has 0 unspecified atom stereocenters. The fourth-order valence-electron chi connectivity index (χ4n) is 13.3. The van der Waals surface area contributed by atoms with Gasteiger partial charge in [0.2, 0.25) is 0 Å². The molecule has 5 aliphatic rings. The van der Waals surface area contributed by atoms with Crippen molar-refractivity contribution < 1.29 is 37.3 Å². The summed E-state index contributed by atoms with van der Waals surface area (Å²) in [7, 11) is 4.47. The second-order valence-corrected chi connectivity index (χ2v) is 28.1. The Morgan fingerprint density at radius 1 is 0.533 bits per heavy atom. The first-order valence-corrected chi connectivity index (χ1v) is 35.1. The molecule has 2 aliphatic carbocycles. The number of carbonyl (C=O) groups excluding carboxylic acids is 4. The molecule has 3 aliphatic heterocycles. The van der Waals surface area contributed by atoms with Gasteiger partial charge in [0, 0.05) is 135 Å². The Morgan fingerprint density at radius 2 is 0.943 bits per heavy atom. The van der Waals surface area contributed by atoms with Gasteiger partial charge in [-0.1, -0.05) is 11.6 Å². The normalized spacial score (nSPS) is 15.3. The van der Waals surface area contributed by atoms with E-state index in [0.717, 1.165) is 59.8 Å². The molecule has 1 saturated heterocycles. The zero-order valence-electron chi connectivity index (χ0n) is 59.3. The maximum atomic E-state index is 15.4. The maximum absolute atomic E-state index is 15.4. The van der Waals surface area contributed by atoms with Gasteiger partial charge >= 0.3 is 7.12 Å². The summed E-state index contributed by atoms with van der Waals surface area (Å²) < 4.78 is 51.2. The van der Waals surface area contributed by atoms with E-state index in [9.17, 15) is 38.0 Å². The second-order valence-electron chi connectivity index (χ2n) is 26.7. The van der Waals surface area contributed by atoms with Crippen LogP contribution in [0.3, 0.4) is 0 Å². The molecule has 1 fully saturated rings. The van der Waals surface area contributed by atoms with E-state index in [1.54, 1.807) is 131 Å². The third-order valence-corrected chi connectivity index (χ3v) is 19.9. The van der Waals surface area contributed by atoms with Crippen LogP contribution in [0.1, 0.15) is 135 Å². The number of amides is 2. The summed E-state index contributed by atoms with van der Waals surface area (Å²) in [4.78, 5) is 124. The number of halogens is 4. The number of rotatable bonds is 12. The van der Waals surface area contributed by atoms with Crippen molar-refractivity contribution in [3.8, 4) is 11.1 Å². The minimum atomic E-state index is -0.538. The first kappa shape index (κ1) is 74.0. The lowest BCUT2D eigenvalue weighted by molar-refractivity contribution is 0.00578. The van der Waals surface area contributed by atoms with Crippen LogP contribution in [0.4, 0.5) is 54.9 Å². The van der Waals surface area contributed by atoms with Crippen molar-refractivity contribution in [2.24, 2.45) is 21.1 Å². The molecule has 13 heterocycles. The average molecular weight is 1510 g/mol. The van der Waals surface area contributed by atoms with Crippen molar-refractivity contribution >= 4 is 111 Å². The van der Waals surface area contributed by atoms with E-state index in [1.807, 2.05) is 27.7 Å². The topological polar surface area (TPSA) is 308 Å². The Hall–Kier alpha value is -10.8. The summed E-state index contributed by atoms with van der Waals surface area (Å²) >= 11 is 9.36. The molecule has 27 nitrogen and oxygen atoms in total. The molecule has 0 saturated carbocycles. The highest BCUT2D eigenvalue weighted by atomic mass is 79.9. The van der Waals surface area contributed by atoms with E-state index < -0.39 is 41.8 Å². The SMILES string of the molecule is Cc1nccc(Nc2cc(-c3ccnc(N4CCn5c6c(c(F)c5C4=O)CCCC6)c3C=O)cn(C)c2=O)n1.Cc1nccc(Nc2cc(B3OC(C)(C)C(C)(C)O3)cn(C)c2=O)n1.Cc1nccc(Nc2cc(Br)cn(C)c2=O)n1.O=Cc1c(Cl)ccnc1N1CCn2c3c(c(F)c2C1=O)CCCC3. The number of nitrogens with one attached hydrogen (secondary N) is 3. The van der Waals surface area contributed by atoms with Crippen molar-refractivity contribution in [2.75, 3.05) is 38.8 Å². The summed E-state index contributed by atoms with van der Waals surface area (Å²) in [5, 5.41) is 9.30. The molecular weight excluding hydrogens is 1440 g/mol. The lowest BCUT2D eigenvalue weighted by Gasteiger charge is -2.32. The zero-order valence-corrected chi connectivity index (χ0v) is 61.7. The number of aldehydes is 2. The third-order valence-electron chi connectivity index (χ3n) is 19.1. The van der Waals surface area contributed by atoms with Crippen molar-refractivity contribution in [1.29, 1.82) is 0 Å². The molecule has 10 aromatic heterocycles. The predicted molar refractivity (Wildman–Crippen MR) is 397 cm³/mol. The molecular formula is C73H75BBrClF2N18O9. The molecule has 105 heavy (non-hydrogen) atoms. The molecule has 0 radical (unpaired) electrons. The number of carbonyl (C=O) groups is 4. The standard InChI is InChI=1S/C28H26FN7O3.C17H23BN4O3.C17H15ClFN3O2.C11H11BrN4O/c1-16-30-10-8-23(32-16)33-21-13-17(14-34(2)27(21)38)18-7-9-31-26(20(18)15-37)36-12-11-35-22-6-4-3-5-19(22)24(29)25(35)28(36)39;1-11-19-8-7-14(20-11)21-13-9-12(10-22(6)15(13)23)18-24-16(2,3)17(4,5)25-18;18-12-5-6-20-16(11(12)9-23)22-8-7-21-13-4-2-1-3-10(13)14(19)15(21)17(22)24;1-7-13-4-3-10(14-7)15-9-5-8(12)6-16(2)11(9)17/h7-10,13-15H,3-6,11-12H2,1-2H3,(H,30,32,33);7-10H,1-6H3,(H,19,20,21);5-6,9H,1-4,7-8H2;3-6H,1-2H3,(H,13,14,15). The zero-order chi connectivity index (χ0) is 74.9. The minimum Gasteiger partial charge on any atom is -0.399 e. The van der Waals surface area contributed by atoms with Gasteiger partial charge in [-0.2, -0.15) is 0 Å². The Balaban J connectivity index is 0.000000138. The van der Waals surface area contributed by atoms with Gasteiger partial charge in [-0.25, -0.2) is 48.7 Å². The smallest absolute Gasteiger partial charge is 0.399 e. The number of anilines is 8. The number of hydrogen-bond acceptors (Lipinski definition) is 20. The van der Waals surface area contributed by atoms with E-state index >= 15 is 4.39 Å². The number of fused-ring (bicyclic) bond motifs is 6. The molecule has 0 spiro atoms. The molecule has 2 amide bonds. The molecule has 0 atom stereocenters. The van der Waals surface area contributed by atoms with Crippen LogP contribution in [0.5, 0.6) is 0 Å². The van der Waals surface area contributed by atoms with E-state index in [-0.39, 0.29) is 68.1 Å². The van der Waals surface area contributed by atoms with Gasteiger partial charge < -0.3 is 48.1 Å². The van der Waals surface area contributed by atoms with Crippen LogP contribution in [0.25, 0.3) is 11.1 Å². The molecule has 32 heteroatoms. The summed E-state index contributed by atoms with van der Waals surface area (Å²) in [5.74, 6) is 1.94. The molecule has 15 rings (SSSR count). The molecule has 542 valence electrons. The van der Waals surface area contributed by atoms with E-state index in [2.05, 4.69) is 71.8 Å². The monoisotopic (exact) mass is 1510 g/mol. The van der Waals surface area contributed by atoms with Crippen LogP contribution in [-0.2, 0) is 69.2 Å². The minimum absolute atomic E-state index is 0.0333. The second kappa shape index (κ2) is 30.5. The number of pyridine rings is 5. The van der Waals surface area contributed by atoms with Gasteiger partial charge in [0.1, 0.15) is 75.0 Å². The molecule has 0 bridgehead atoms. The molecule has 3 N–H and O–H groups in total. The number of aryl methyl sites for hydroxylation is 6. The van der Waals surface area contributed by atoms with Gasteiger partial charge in [-0.15, -0.1) is 0 Å². The first-order valence-electron chi connectivity index (χ1n) is 34.0. The van der Waals surface area contributed by atoms with Crippen LogP contribution in [-0.4, -0.2) is 119 Å². The van der Waals surface area contributed by atoms with Gasteiger partial charge in [0.05, 0.1) is 27.4 Å². The van der Waals surface area contributed by atoms with Crippen LogP contribution in [0, 0.1) is 32.4 Å². The quantitative estimate of drug-likeness (QED) is 0.0756. The Labute approximate surface area is 615 Å². The van der Waals surface area contributed by atoms with Crippen molar-refractivity contribution in [1.82, 2.24) is 62.7 Å². The predicted octanol–water partition coefficient (Wildman–Crippen LogP) is 10.1. The van der Waals surface area contributed by atoms with Crippen LogP contribution >= 0.6 is 27.5 Å². The third kappa shape index (κ3) is 15.2. The summed E-state index contributed by atoms with van der Waals surface area (Å²) in [6.45, 7) is 14.8. The highest BCUT2D eigenvalue weighted by molar-refractivity contribution is 9.10.